The van der Waals surface area contributed by atoms with Crippen LogP contribution in [0, 0.1) is 6.92 Å². The summed E-state index contributed by atoms with van der Waals surface area (Å²) >= 11 is 0.814. The van der Waals surface area contributed by atoms with E-state index in [0.29, 0.717) is 18.0 Å². The van der Waals surface area contributed by atoms with Gasteiger partial charge in [0.2, 0.25) is 0 Å². The van der Waals surface area contributed by atoms with Gasteiger partial charge in [0.25, 0.3) is 0 Å². The molecule has 0 bridgehead atoms. The van der Waals surface area contributed by atoms with E-state index in [4.69, 9.17) is 4.74 Å². The lowest BCUT2D eigenvalue weighted by Crippen LogP contribution is -2.31. The molecule has 0 fully saturated rings. The molecule has 28 heavy (non-hydrogen) atoms. The van der Waals surface area contributed by atoms with Crippen molar-refractivity contribution in [1.29, 1.82) is 0 Å². The van der Waals surface area contributed by atoms with Crippen molar-refractivity contribution in [1.82, 2.24) is 5.32 Å². The van der Waals surface area contributed by atoms with Gasteiger partial charge in [-0.15, -0.1) is 0 Å². The van der Waals surface area contributed by atoms with E-state index in [2.05, 4.69) is 63.3 Å². The Bertz CT molecular complexity index is 731. The van der Waals surface area contributed by atoms with Crippen molar-refractivity contribution in [2.24, 2.45) is 0 Å². The highest BCUT2D eigenvalue weighted by molar-refractivity contribution is 7.92. The van der Waals surface area contributed by atoms with Crippen molar-refractivity contribution in [3.8, 4) is 5.75 Å². The third kappa shape index (κ3) is 6.24. The SMILES string of the molecule is CCCNCC(O)COc1ccc(C(C)(C)c2ccc(C)cc2)c(CSO)c1. The molecule has 0 radical (unpaired) electrons. The fraction of sp³-hybridized carbons (Fsp3) is 0.478. The summed E-state index contributed by atoms with van der Waals surface area (Å²) < 4.78 is 15.3. The average Bonchev–Trinajstić information content (AvgIpc) is 2.67. The normalized spacial score (nSPS) is 12.8. The molecule has 1 atom stereocenters. The number of benzene rings is 2. The van der Waals surface area contributed by atoms with Crippen LogP contribution < -0.4 is 10.1 Å². The Morgan fingerprint density at radius 2 is 1.86 bits per heavy atom. The number of aryl methyl sites for hydroxylation is 1. The van der Waals surface area contributed by atoms with Gasteiger partial charge in [0.1, 0.15) is 18.5 Å². The highest BCUT2D eigenvalue weighted by atomic mass is 32.2. The van der Waals surface area contributed by atoms with Crippen molar-refractivity contribution in [2.75, 3.05) is 19.7 Å². The number of aliphatic hydroxyl groups excluding tert-OH is 1. The number of rotatable bonds is 11. The standard InChI is InChI=1S/C23H33NO3S/c1-5-12-24-14-20(25)15-27-21-10-11-22(18(13-21)16-28-26)23(3,4)19-8-6-17(2)7-9-19/h6-11,13,20,24-26H,5,12,14-16H2,1-4H3. The summed E-state index contributed by atoms with van der Waals surface area (Å²) in [4.78, 5) is 0. The summed E-state index contributed by atoms with van der Waals surface area (Å²) in [6, 6.07) is 14.6. The van der Waals surface area contributed by atoms with Crippen LogP contribution in [0.4, 0.5) is 0 Å². The van der Waals surface area contributed by atoms with E-state index in [0.717, 1.165) is 36.1 Å². The molecule has 3 N–H and O–H groups in total. The molecule has 0 amide bonds. The summed E-state index contributed by atoms with van der Waals surface area (Å²) in [5.41, 5.74) is 4.47. The monoisotopic (exact) mass is 403 g/mol. The first-order valence-corrected chi connectivity index (χ1v) is 10.8. The van der Waals surface area contributed by atoms with Crippen molar-refractivity contribution >= 4 is 12.0 Å². The summed E-state index contributed by atoms with van der Waals surface area (Å²) in [6.45, 7) is 10.2. The molecule has 5 heteroatoms. The number of hydrogen-bond donors (Lipinski definition) is 3. The van der Waals surface area contributed by atoms with Crippen molar-refractivity contribution in [3.63, 3.8) is 0 Å². The molecule has 2 rings (SSSR count). The summed E-state index contributed by atoms with van der Waals surface area (Å²) in [5.74, 6) is 1.20. The Labute approximate surface area is 173 Å². The van der Waals surface area contributed by atoms with E-state index in [-0.39, 0.29) is 12.0 Å². The quantitative estimate of drug-likeness (QED) is 0.373. The zero-order valence-corrected chi connectivity index (χ0v) is 18.2. The lowest BCUT2D eigenvalue weighted by molar-refractivity contribution is 0.106. The summed E-state index contributed by atoms with van der Waals surface area (Å²) in [5, 5.41) is 13.2. The van der Waals surface area contributed by atoms with Gasteiger partial charge in [0.05, 0.1) is 0 Å². The second kappa shape index (κ2) is 10.9. The average molecular weight is 404 g/mol. The lowest BCUT2D eigenvalue weighted by atomic mass is 9.76. The Morgan fingerprint density at radius 1 is 1.14 bits per heavy atom. The minimum Gasteiger partial charge on any atom is -0.491 e. The minimum atomic E-state index is -0.550. The van der Waals surface area contributed by atoms with Crippen LogP contribution in [0.25, 0.3) is 0 Å². The Balaban J connectivity index is 2.16. The maximum atomic E-state index is 10.0. The molecule has 0 aliphatic heterocycles. The van der Waals surface area contributed by atoms with Gasteiger partial charge in [0.15, 0.2) is 0 Å². The summed E-state index contributed by atoms with van der Waals surface area (Å²) in [7, 11) is 0. The predicted molar refractivity (Wildman–Crippen MR) is 118 cm³/mol. The van der Waals surface area contributed by atoms with Crippen LogP contribution in [0.5, 0.6) is 5.75 Å². The first-order chi connectivity index (χ1) is 13.4. The van der Waals surface area contributed by atoms with Crippen LogP contribution in [0.15, 0.2) is 42.5 Å². The molecule has 0 aliphatic carbocycles. The van der Waals surface area contributed by atoms with Crippen molar-refractivity contribution < 1.29 is 14.4 Å². The Kier molecular flexibility index (Phi) is 8.83. The zero-order valence-electron chi connectivity index (χ0n) is 17.4. The van der Waals surface area contributed by atoms with Crippen molar-refractivity contribution in [2.45, 2.75) is 51.4 Å². The molecular formula is C23H33NO3S. The van der Waals surface area contributed by atoms with Crippen LogP contribution >= 0.6 is 12.0 Å². The molecule has 2 aromatic carbocycles. The van der Waals surface area contributed by atoms with Crippen LogP contribution in [0.1, 0.15) is 49.4 Å². The molecule has 0 saturated carbocycles. The minimum absolute atomic E-state index is 0.194. The van der Waals surface area contributed by atoms with Crippen LogP contribution in [-0.2, 0) is 11.2 Å². The van der Waals surface area contributed by atoms with Gasteiger partial charge in [-0.2, -0.15) is 0 Å². The third-order valence-electron chi connectivity index (χ3n) is 4.99. The van der Waals surface area contributed by atoms with Crippen molar-refractivity contribution in [3.05, 3.63) is 64.7 Å². The fourth-order valence-corrected chi connectivity index (χ4v) is 3.66. The van der Waals surface area contributed by atoms with Crippen LogP contribution in [0.3, 0.4) is 0 Å². The molecule has 0 heterocycles. The highest BCUT2D eigenvalue weighted by Crippen LogP contribution is 2.36. The smallest absolute Gasteiger partial charge is 0.119 e. The largest absolute Gasteiger partial charge is 0.491 e. The number of aliphatic hydroxyl groups is 1. The van der Waals surface area contributed by atoms with E-state index in [1.165, 1.54) is 11.1 Å². The van der Waals surface area contributed by atoms with Gasteiger partial charge in [-0.3, -0.25) is 0 Å². The summed E-state index contributed by atoms with van der Waals surface area (Å²) in [6.07, 6.45) is 0.486. The highest BCUT2D eigenvalue weighted by Gasteiger charge is 2.26. The van der Waals surface area contributed by atoms with Gasteiger partial charge in [-0.25, -0.2) is 0 Å². The first kappa shape index (κ1) is 22.8. The molecule has 2 aromatic rings. The second-order valence-electron chi connectivity index (χ2n) is 7.75. The molecule has 0 aromatic heterocycles. The molecular weight excluding hydrogens is 370 g/mol. The molecule has 0 spiro atoms. The van der Waals surface area contributed by atoms with E-state index >= 15 is 0 Å². The number of nitrogens with one attached hydrogen (secondary N) is 1. The van der Waals surface area contributed by atoms with E-state index in [1.54, 1.807) is 0 Å². The molecule has 0 aliphatic rings. The lowest BCUT2D eigenvalue weighted by Gasteiger charge is -2.29. The van der Waals surface area contributed by atoms with Gasteiger partial charge < -0.3 is 19.7 Å². The maximum absolute atomic E-state index is 10.0. The van der Waals surface area contributed by atoms with Gasteiger partial charge >= 0.3 is 0 Å². The van der Waals surface area contributed by atoms with Crippen LogP contribution in [0.2, 0.25) is 0 Å². The molecule has 0 saturated heterocycles. The van der Waals surface area contributed by atoms with Crippen LogP contribution in [-0.4, -0.2) is 35.5 Å². The van der Waals surface area contributed by atoms with E-state index < -0.39 is 6.10 Å². The van der Waals surface area contributed by atoms with Gasteiger partial charge in [-0.05, 0) is 60.8 Å². The molecule has 154 valence electrons. The maximum Gasteiger partial charge on any atom is 0.119 e. The number of ether oxygens (including phenoxy) is 1. The molecule has 1 unspecified atom stereocenters. The Hall–Kier alpha value is -1.53. The second-order valence-corrected chi connectivity index (χ2v) is 8.30. The Morgan fingerprint density at radius 3 is 2.50 bits per heavy atom. The van der Waals surface area contributed by atoms with E-state index in [1.807, 2.05) is 12.1 Å². The fourth-order valence-electron chi connectivity index (χ4n) is 3.28. The van der Waals surface area contributed by atoms with Gasteiger partial charge in [-0.1, -0.05) is 56.7 Å². The number of hydrogen-bond acceptors (Lipinski definition) is 5. The third-order valence-corrected chi connectivity index (χ3v) is 5.43. The van der Waals surface area contributed by atoms with E-state index in [9.17, 15) is 9.66 Å². The predicted octanol–water partition coefficient (Wildman–Crippen LogP) is 4.77. The van der Waals surface area contributed by atoms with Gasteiger partial charge in [0, 0.05) is 17.7 Å². The topological polar surface area (TPSA) is 61.7 Å². The zero-order chi connectivity index (χ0) is 20.6. The molecule has 4 nitrogen and oxygen atoms in total. The first-order valence-electron chi connectivity index (χ1n) is 9.87.